The molecule has 0 spiro atoms. The Balaban J connectivity index is 1.77. The number of benzene rings is 1. The van der Waals surface area contributed by atoms with Crippen LogP contribution in [-0.2, 0) is 21.2 Å². The van der Waals surface area contributed by atoms with Crippen LogP contribution in [0.1, 0.15) is 67.2 Å². The number of aliphatic carboxylic acids is 1. The van der Waals surface area contributed by atoms with E-state index in [2.05, 4.69) is 4.72 Å². The monoisotopic (exact) mass is 453 g/mol. The molecule has 8 heteroatoms. The van der Waals surface area contributed by atoms with Crippen LogP contribution in [0.5, 0.6) is 0 Å². The molecular weight excluding hydrogens is 425 g/mol. The number of halogens is 1. The maximum Gasteiger partial charge on any atom is 0.303 e. The molecule has 0 saturated heterocycles. The lowest BCUT2D eigenvalue weighted by atomic mass is 9.85. The number of carboxylic acids is 1. The van der Waals surface area contributed by atoms with Crippen molar-refractivity contribution >= 4 is 27.3 Å². The molecule has 1 saturated carbocycles. The molecule has 1 heterocycles. The van der Waals surface area contributed by atoms with Gasteiger partial charge in [-0.1, -0.05) is 32.1 Å². The third kappa shape index (κ3) is 6.62. The number of nitrogens with one attached hydrogen (secondary N) is 1. The van der Waals surface area contributed by atoms with Crippen molar-refractivity contribution in [3.63, 3.8) is 0 Å². The van der Waals surface area contributed by atoms with Crippen molar-refractivity contribution in [2.75, 3.05) is 0 Å². The van der Waals surface area contributed by atoms with Gasteiger partial charge in [-0.2, -0.15) is 0 Å². The van der Waals surface area contributed by atoms with E-state index in [9.17, 15) is 17.6 Å². The van der Waals surface area contributed by atoms with Gasteiger partial charge in [-0.05, 0) is 61.6 Å². The standard InChI is InChI=1S/C22H28FNO4S2/c23-17-9-12-19(13-10-17)30(27,28)24-20(15-16-5-2-1-3-6-16)21-14-11-18(29-21)7-4-8-22(25)26/h9-14,16,20,24H,1-8,15H2,(H,25,26). The smallest absolute Gasteiger partial charge is 0.303 e. The summed E-state index contributed by atoms with van der Waals surface area (Å²) in [5.41, 5.74) is 0. The highest BCUT2D eigenvalue weighted by Crippen LogP contribution is 2.35. The highest BCUT2D eigenvalue weighted by molar-refractivity contribution is 7.89. The maximum absolute atomic E-state index is 13.2. The first-order chi connectivity index (χ1) is 14.3. The van der Waals surface area contributed by atoms with Gasteiger partial charge in [-0.3, -0.25) is 4.79 Å². The molecule has 2 N–H and O–H groups in total. The molecule has 1 aliphatic carbocycles. The van der Waals surface area contributed by atoms with Crippen LogP contribution in [0.15, 0.2) is 41.3 Å². The Kier molecular flexibility index (Phi) is 8.02. The number of hydrogen-bond donors (Lipinski definition) is 2. The lowest BCUT2D eigenvalue weighted by Crippen LogP contribution is -2.30. The number of sulfonamides is 1. The van der Waals surface area contributed by atoms with E-state index in [4.69, 9.17) is 5.11 Å². The van der Waals surface area contributed by atoms with Crippen LogP contribution in [0.4, 0.5) is 4.39 Å². The first-order valence-corrected chi connectivity index (χ1v) is 12.7. The average Bonchev–Trinajstić information content (AvgIpc) is 3.17. The van der Waals surface area contributed by atoms with Crippen molar-refractivity contribution in [1.82, 2.24) is 4.72 Å². The third-order valence-corrected chi connectivity index (χ3v) is 8.30. The van der Waals surface area contributed by atoms with Crippen molar-refractivity contribution in [1.29, 1.82) is 0 Å². The zero-order valence-corrected chi connectivity index (χ0v) is 18.5. The van der Waals surface area contributed by atoms with E-state index < -0.39 is 21.8 Å². The normalized spacial score (nSPS) is 16.4. The minimum Gasteiger partial charge on any atom is -0.481 e. The number of hydrogen-bond acceptors (Lipinski definition) is 4. The lowest BCUT2D eigenvalue weighted by Gasteiger charge is -2.26. The number of rotatable bonds is 10. The molecule has 0 aliphatic heterocycles. The van der Waals surface area contributed by atoms with Crippen LogP contribution in [0, 0.1) is 11.7 Å². The average molecular weight is 454 g/mol. The van der Waals surface area contributed by atoms with Crippen LogP contribution in [0.3, 0.4) is 0 Å². The molecule has 1 unspecified atom stereocenters. The quantitative estimate of drug-likeness (QED) is 0.512. The molecule has 0 bridgehead atoms. The fourth-order valence-corrected chi connectivity index (χ4v) is 6.40. The van der Waals surface area contributed by atoms with Crippen LogP contribution in [0.2, 0.25) is 0 Å². The summed E-state index contributed by atoms with van der Waals surface area (Å²) < 4.78 is 41.9. The number of carbonyl (C=O) groups is 1. The second-order valence-corrected chi connectivity index (χ2v) is 10.8. The summed E-state index contributed by atoms with van der Waals surface area (Å²) in [6, 6.07) is 8.42. The van der Waals surface area contributed by atoms with Gasteiger partial charge in [0.2, 0.25) is 10.0 Å². The van der Waals surface area contributed by atoms with E-state index in [1.807, 2.05) is 12.1 Å². The Morgan fingerprint density at radius 1 is 1.13 bits per heavy atom. The number of thiophene rings is 1. The summed E-state index contributed by atoms with van der Waals surface area (Å²) in [6.07, 6.45) is 7.86. The largest absolute Gasteiger partial charge is 0.481 e. The SMILES string of the molecule is O=C(O)CCCc1ccc(C(CC2CCCCC2)NS(=O)(=O)c2ccc(F)cc2)s1. The Morgan fingerprint density at radius 2 is 1.83 bits per heavy atom. The van der Waals surface area contributed by atoms with Gasteiger partial charge in [-0.15, -0.1) is 11.3 Å². The molecule has 2 aromatic rings. The molecule has 30 heavy (non-hydrogen) atoms. The highest BCUT2D eigenvalue weighted by atomic mass is 32.2. The van der Waals surface area contributed by atoms with Crippen molar-refractivity contribution in [2.24, 2.45) is 5.92 Å². The molecule has 0 amide bonds. The molecular formula is C22H28FNO4S2. The Morgan fingerprint density at radius 3 is 2.50 bits per heavy atom. The summed E-state index contributed by atoms with van der Waals surface area (Å²) in [5, 5.41) is 8.82. The third-order valence-electron chi connectivity index (χ3n) is 5.55. The fourth-order valence-electron chi connectivity index (χ4n) is 3.98. The Bertz CT molecular complexity index is 934. The van der Waals surface area contributed by atoms with Gasteiger partial charge in [0.25, 0.3) is 0 Å². The predicted molar refractivity (Wildman–Crippen MR) is 116 cm³/mol. The van der Waals surface area contributed by atoms with E-state index in [0.29, 0.717) is 18.8 Å². The van der Waals surface area contributed by atoms with E-state index in [1.54, 1.807) is 0 Å². The zero-order valence-electron chi connectivity index (χ0n) is 16.8. The molecule has 1 fully saturated rings. The minimum absolute atomic E-state index is 0.0516. The van der Waals surface area contributed by atoms with Gasteiger partial charge in [0, 0.05) is 16.2 Å². The van der Waals surface area contributed by atoms with Gasteiger partial charge in [0.05, 0.1) is 10.9 Å². The molecule has 3 rings (SSSR count). The van der Waals surface area contributed by atoms with Crippen LogP contribution < -0.4 is 4.72 Å². The van der Waals surface area contributed by atoms with E-state index in [-0.39, 0.29) is 17.4 Å². The summed E-state index contributed by atoms with van der Waals surface area (Å²) in [7, 11) is -3.78. The number of aryl methyl sites for hydroxylation is 1. The lowest BCUT2D eigenvalue weighted by molar-refractivity contribution is -0.137. The van der Waals surface area contributed by atoms with Crippen LogP contribution in [-0.4, -0.2) is 19.5 Å². The fraction of sp³-hybridized carbons (Fsp3) is 0.500. The van der Waals surface area contributed by atoms with Crippen molar-refractivity contribution in [2.45, 2.75) is 68.7 Å². The first-order valence-electron chi connectivity index (χ1n) is 10.4. The molecule has 1 aromatic carbocycles. The van der Waals surface area contributed by atoms with Gasteiger partial charge in [0.15, 0.2) is 0 Å². The predicted octanol–water partition coefficient (Wildman–Crippen LogP) is 5.28. The van der Waals surface area contributed by atoms with Crippen LogP contribution >= 0.6 is 11.3 Å². The van der Waals surface area contributed by atoms with Crippen molar-refractivity contribution in [3.05, 3.63) is 52.0 Å². The van der Waals surface area contributed by atoms with Gasteiger partial charge in [-0.25, -0.2) is 17.5 Å². The molecule has 5 nitrogen and oxygen atoms in total. The molecule has 0 radical (unpaired) electrons. The van der Waals surface area contributed by atoms with Crippen LogP contribution in [0.25, 0.3) is 0 Å². The Hall–Kier alpha value is -1.77. The maximum atomic E-state index is 13.2. The van der Waals surface area contributed by atoms with E-state index >= 15 is 0 Å². The highest BCUT2D eigenvalue weighted by Gasteiger charge is 2.26. The zero-order chi connectivity index (χ0) is 21.6. The Labute approximate surface area is 181 Å². The molecule has 1 aromatic heterocycles. The van der Waals surface area contributed by atoms with E-state index in [1.165, 1.54) is 42.7 Å². The second kappa shape index (κ2) is 10.5. The summed E-state index contributed by atoms with van der Waals surface area (Å²) in [5.74, 6) is -0.816. The minimum atomic E-state index is -3.78. The van der Waals surface area contributed by atoms with Gasteiger partial charge < -0.3 is 5.11 Å². The number of carboxylic acid groups (broad SMARTS) is 1. The van der Waals surface area contributed by atoms with Crippen molar-refractivity contribution in [3.8, 4) is 0 Å². The van der Waals surface area contributed by atoms with Crippen molar-refractivity contribution < 1.29 is 22.7 Å². The topological polar surface area (TPSA) is 83.5 Å². The van der Waals surface area contributed by atoms with E-state index in [0.717, 1.165) is 41.1 Å². The molecule has 1 aliphatic rings. The second-order valence-electron chi connectivity index (χ2n) is 7.92. The van der Waals surface area contributed by atoms with Gasteiger partial charge >= 0.3 is 5.97 Å². The molecule has 1 atom stereocenters. The van der Waals surface area contributed by atoms with Gasteiger partial charge in [0.1, 0.15) is 5.82 Å². The summed E-state index contributed by atoms with van der Waals surface area (Å²) >= 11 is 1.54. The summed E-state index contributed by atoms with van der Waals surface area (Å²) in [4.78, 5) is 12.8. The summed E-state index contributed by atoms with van der Waals surface area (Å²) in [6.45, 7) is 0. The molecule has 164 valence electrons. The first kappa shape index (κ1) is 22.9.